The van der Waals surface area contributed by atoms with Crippen molar-refractivity contribution in [2.75, 3.05) is 7.05 Å². The van der Waals surface area contributed by atoms with Crippen LogP contribution < -0.4 is 0 Å². The number of hydrogen-bond donors (Lipinski definition) is 1. The van der Waals surface area contributed by atoms with Crippen LogP contribution in [0, 0.1) is 0 Å². The van der Waals surface area contributed by atoms with Crippen LogP contribution in [-0.2, 0) is 16.6 Å². The summed E-state index contributed by atoms with van der Waals surface area (Å²) in [4.78, 5) is 0.232. The first-order valence-corrected chi connectivity index (χ1v) is 8.45. The second-order valence-electron chi connectivity index (χ2n) is 4.58. The number of benzene rings is 1. The van der Waals surface area contributed by atoms with Crippen molar-refractivity contribution in [3.63, 3.8) is 0 Å². The molecule has 0 aliphatic heterocycles. The molecule has 0 fully saturated rings. The molecule has 0 aliphatic carbocycles. The predicted octanol–water partition coefficient (Wildman–Crippen LogP) is 2.75. The lowest BCUT2D eigenvalue weighted by Crippen LogP contribution is -2.35. The van der Waals surface area contributed by atoms with Crippen molar-refractivity contribution in [1.82, 2.24) is 4.31 Å². The minimum absolute atomic E-state index is 0.0422. The van der Waals surface area contributed by atoms with Gasteiger partial charge in [0.05, 0.1) is 11.5 Å². The summed E-state index contributed by atoms with van der Waals surface area (Å²) in [6.45, 7) is 3.82. The molecule has 1 unspecified atom stereocenters. The molecule has 0 bridgehead atoms. The number of rotatable bonds is 6. The van der Waals surface area contributed by atoms with Crippen LogP contribution in [0.3, 0.4) is 0 Å². The van der Waals surface area contributed by atoms with Crippen molar-refractivity contribution in [1.29, 1.82) is 0 Å². The van der Waals surface area contributed by atoms with Gasteiger partial charge >= 0.3 is 0 Å². The predicted molar refractivity (Wildman–Crippen MR) is 79.4 cm³/mol. The van der Waals surface area contributed by atoms with Crippen LogP contribution in [0.4, 0.5) is 0 Å². The molecule has 108 valence electrons. The average molecular weight is 350 g/mol. The van der Waals surface area contributed by atoms with E-state index in [2.05, 4.69) is 15.9 Å². The lowest BCUT2D eigenvalue weighted by molar-refractivity contribution is 0.281. The molecule has 6 heteroatoms. The molecular weight excluding hydrogens is 330 g/mol. The number of aliphatic hydroxyl groups is 1. The van der Waals surface area contributed by atoms with Gasteiger partial charge in [0.15, 0.2) is 0 Å². The van der Waals surface area contributed by atoms with Gasteiger partial charge in [-0.1, -0.05) is 19.4 Å². The molecule has 0 saturated heterocycles. The Balaban J connectivity index is 3.13. The summed E-state index contributed by atoms with van der Waals surface area (Å²) in [5.41, 5.74) is 0.676. The Hall–Kier alpha value is -0.430. The summed E-state index contributed by atoms with van der Waals surface area (Å²) < 4.78 is 26.9. The normalized spacial score (nSPS) is 13.8. The van der Waals surface area contributed by atoms with E-state index < -0.39 is 10.0 Å². The van der Waals surface area contributed by atoms with E-state index in [1.165, 1.54) is 10.4 Å². The third-order valence-electron chi connectivity index (χ3n) is 3.16. The Morgan fingerprint density at radius 3 is 2.53 bits per heavy atom. The van der Waals surface area contributed by atoms with Gasteiger partial charge in [0.2, 0.25) is 10.0 Å². The maximum atomic E-state index is 12.5. The van der Waals surface area contributed by atoms with Crippen molar-refractivity contribution >= 4 is 26.0 Å². The smallest absolute Gasteiger partial charge is 0.244 e. The average Bonchev–Trinajstić information content (AvgIpc) is 2.37. The summed E-state index contributed by atoms with van der Waals surface area (Å²) in [5, 5.41) is 9.04. The van der Waals surface area contributed by atoms with Crippen molar-refractivity contribution < 1.29 is 13.5 Å². The Bertz CT molecular complexity index is 531. The van der Waals surface area contributed by atoms with E-state index in [9.17, 15) is 8.42 Å². The van der Waals surface area contributed by atoms with Gasteiger partial charge in [-0.05, 0) is 47.0 Å². The van der Waals surface area contributed by atoms with Gasteiger partial charge in [-0.25, -0.2) is 8.42 Å². The van der Waals surface area contributed by atoms with E-state index >= 15 is 0 Å². The number of sulfonamides is 1. The summed E-state index contributed by atoms with van der Waals surface area (Å²) in [6, 6.07) is 4.74. The van der Waals surface area contributed by atoms with Crippen LogP contribution in [0.5, 0.6) is 0 Å². The standard InChI is InChI=1S/C13H20BrNO3S/c1-4-5-10(2)15(3)19(17,18)13-7-6-11(9-16)8-12(13)14/h6-8,10,16H,4-5,9H2,1-3H3. The molecule has 1 aromatic rings. The highest BCUT2D eigenvalue weighted by Crippen LogP contribution is 2.27. The van der Waals surface area contributed by atoms with Gasteiger partial charge in [0, 0.05) is 17.6 Å². The van der Waals surface area contributed by atoms with E-state index in [4.69, 9.17) is 5.11 Å². The number of hydrogen-bond acceptors (Lipinski definition) is 3. The van der Waals surface area contributed by atoms with Crippen LogP contribution in [-0.4, -0.2) is 30.9 Å². The second kappa shape index (κ2) is 6.83. The van der Waals surface area contributed by atoms with E-state index in [1.807, 2.05) is 13.8 Å². The first-order valence-electron chi connectivity index (χ1n) is 6.21. The Morgan fingerprint density at radius 2 is 2.05 bits per heavy atom. The summed E-state index contributed by atoms with van der Waals surface area (Å²) in [5.74, 6) is 0. The zero-order valence-corrected chi connectivity index (χ0v) is 13.8. The molecule has 0 amide bonds. The molecule has 0 radical (unpaired) electrons. The largest absolute Gasteiger partial charge is 0.392 e. The fraction of sp³-hybridized carbons (Fsp3) is 0.538. The molecule has 4 nitrogen and oxygen atoms in total. The van der Waals surface area contributed by atoms with Crippen molar-refractivity contribution in [2.45, 2.75) is 44.2 Å². The molecule has 1 rings (SSSR count). The highest BCUT2D eigenvalue weighted by Gasteiger charge is 2.26. The van der Waals surface area contributed by atoms with Gasteiger partial charge in [-0.3, -0.25) is 0 Å². The first-order chi connectivity index (χ1) is 8.84. The minimum Gasteiger partial charge on any atom is -0.392 e. The zero-order valence-electron chi connectivity index (χ0n) is 11.4. The second-order valence-corrected chi connectivity index (χ2v) is 7.40. The maximum Gasteiger partial charge on any atom is 0.244 e. The van der Waals surface area contributed by atoms with Crippen LogP contribution in [0.25, 0.3) is 0 Å². The molecule has 19 heavy (non-hydrogen) atoms. The number of nitrogens with zero attached hydrogens (tertiary/aromatic N) is 1. The summed E-state index contributed by atoms with van der Waals surface area (Å²) in [7, 11) is -1.91. The van der Waals surface area contributed by atoms with Gasteiger partial charge < -0.3 is 5.11 Å². The summed E-state index contributed by atoms with van der Waals surface area (Å²) in [6.07, 6.45) is 1.76. The quantitative estimate of drug-likeness (QED) is 0.858. The van der Waals surface area contributed by atoms with Crippen molar-refractivity contribution in [2.24, 2.45) is 0 Å². The fourth-order valence-corrected chi connectivity index (χ4v) is 4.32. The number of halogens is 1. The molecule has 1 aromatic carbocycles. The maximum absolute atomic E-state index is 12.5. The molecule has 0 spiro atoms. The highest BCUT2D eigenvalue weighted by atomic mass is 79.9. The highest BCUT2D eigenvalue weighted by molar-refractivity contribution is 9.10. The Kier molecular flexibility index (Phi) is 5.98. The minimum atomic E-state index is -3.51. The fourth-order valence-electron chi connectivity index (χ4n) is 1.84. The van der Waals surface area contributed by atoms with Gasteiger partial charge in [-0.15, -0.1) is 0 Å². The van der Waals surface area contributed by atoms with E-state index in [-0.39, 0.29) is 17.5 Å². The van der Waals surface area contributed by atoms with Crippen LogP contribution in [0.1, 0.15) is 32.3 Å². The molecule has 1 N–H and O–H groups in total. The Labute approximate surface area is 123 Å². The number of aliphatic hydroxyl groups excluding tert-OH is 1. The third-order valence-corrected chi connectivity index (χ3v) is 6.11. The molecular formula is C13H20BrNO3S. The summed E-state index contributed by atoms with van der Waals surface area (Å²) >= 11 is 3.26. The molecule has 0 aromatic heterocycles. The topological polar surface area (TPSA) is 57.6 Å². The van der Waals surface area contributed by atoms with E-state index in [0.29, 0.717) is 10.0 Å². The van der Waals surface area contributed by atoms with Crippen molar-refractivity contribution in [3.8, 4) is 0 Å². The van der Waals surface area contributed by atoms with Crippen LogP contribution in [0.15, 0.2) is 27.6 Å². The monoisotopic (exact) mass is 349 g/mol. The Morgan fingerprint density at radius 1 is 1.42 bits per heavy atom. The molecule has 0 aliphatic rings. The molecule has 0 heterocycles. The van der Waals surface area contributed by atoms with Crippen LogP contribution >= 0.6 is 15.9 Å². The van der Waals surface area contributed by atoms with Gasteiger partial charge in [0.25, 0.3) is 0 Å². The zero-order chi connectivity index (χ0) is 14.6. The van der Waals surface area contributed by atoms with Crippen LogP contribution in [0.2, 0.25) is 0 Å². The SMILES string of the molecule is CCCC(C)N(C)S(=O)(=O)c1ccc(CO)cc1Br. The van der Waals surface area contributed by atoms with Gasteiger partial charge in [0.1, 0.15) is 0 Å². The lowest BCUT2D eigenvalue weighted by atomic mass is 10.2. The van der Waals surface area contributed by atoms with Crippen molar-refractivity contribution in [3.05, 3.63) is 28.2 Å². The molecule has 1 atom stereocenters. The molecule has 0 saturated carbocycles. The van der Waals surface area contributed by atoms with E-state index in [0.717, 1.165) is 12.8 Å². The third kappa shape index (κ3) is 3.78. The lowest BCUT2D eigenvalue weighted by Gasteiger charge is -2.24. The first kappa shape index (κ1) is 16.6. The van der Waals surface area contributed by atoms with Gasteiger partial charge in [-0.2, -0.15) is 4.31 Å². The van der Waals surface area contributed by atoms with E-state index in [1.54, 1.807) is 19.2 Å².